The Morgan fingerprint density at radius 1 is 1.40 bits per heavy atom. The van der Waals surface area contributed by atoms with E-state index in [-0.39, 0.29) is 17.7 Å². The Kier molecular flexibility index (Phi) is 5.67. The van der Waals surface area contributed by atoms with Crippen LogP contribution in [-0.4, -0.2) is 25.5 Å². The smallest absolute Gasteiger partial charge is 0.304 e. The van der Waals surface area contributed by atoms with E-state index in [4.69, 9.17) is 10.4 Å². The van der Waals surface area contributed by atoms with Crippen molar-refractivity contribution >= 4 is 16.0 Å². The lowest BCUT2D eigenvalue weighted by Gasteiger charge is -2.15. The van der Waals surface area contributed by atoms with Crippen LogP contribution < -0.4 is 4.72 Å². The van der Waals surface area contributed by atoms with Crippen molar-refractivity contribution < 1.29 is 18.3 Å². The van der Waals surface area contributed by atoms with Gasteiger partial charge in [0.05, 0.1) is 23.8 Å². The van der Waals surface area contributed by atoms with Gasteiger partial charge in [-0.05, 0) is 24.1 Å². The average molecular weight is 296 g/mol. The molecule has 1 aromatic rings. The average Bonchev–Trinajstić information content (AvgIpc) is 2.38. The lowest BCUT2D eigenvalue weighted by atomic mass is 10.2. The third kappa shape index (κ3) is 4.64. The van der Waals surface area contributed by atoms with Gasteiger partial charge < -0.3 is 5.11 Å². The molecule has 0 saturated carbocycles. The molecule has 0 amide bonds. The summed E-state index contributed by atoms with van der Waals surface area (Å²) < 4.78 is 26.5. The number of benzene rings is 1. The molecule has 0 bridgehead atoms. The third-order valence-corrected chi connectivity index (χ3v) is 4.29. The first-order valence-corrected chi connectivity index (χ1v) is 7.57. The summed E-state index contributed by atoms with van der Waals surface area (Å²) >= 11 is 0. The minimum Gasteiger partial charge on any atom is -0.481 e. The van der Waals surface area contributed by atoms with Gasteiger partial charge in [0.1, 0.15) is 0 Å². The Bertz CT molecular complexity index is 602. The van der Waals surface area contributed by atoms with Gasteiger partial charge in [-0.15, -0.1) is 0 Å². The molecular formula is C13H16N2O4S. The standard InChI is InChI=1S/C13H16N2O4S/c1-2-11(9-13(16)17)15-20(18,19)12-5-3-10(4-6-12)7-8-14/h3-6,11,15H,2,7,9H2,1H3,(H,16,17). The van der Waals surface area contributed by atoms with Gasteiger partial charge in [0.2, 0.25) is 10.0 Å². The summed E-state index contributed by atoms with van der Waals surface area (Å²) in [7, 11) is -3.75. The molecule has 1 aromatic carbocycles. The Hall–Kier alpha value is -1.91. The molecule has 0 radical (unpaired) electrons. The van der Waals surface area contributed by atoms with Crippen LogP contribution >= 0.6 is 0 Å². The van der Waals surface area contributed by atoms with Gasteiger partial charge in [0.25, 0.3) is 0 Å². The van der Waals surface area contributed by atoms with Gasteiger partial charge in [-0.3, -0.25) is 4.79 Å². The van der Waals surface area contributed by atoms with E-state index in [9.17, 15) is 13.2 Å². The van der Waals surface area contributed by atoms with E-state index in [1.807, 2.05) is 6.07 Å². The van der Waals surface area contributed by atoms with Gasteiger partial charge >= 0.3 is 5.97 Å². The molecular weight excluding hydrogens is 280 g/mol. The third-order valence-electron chi connectivity index (χ3n) is 2.75. The molecule has 1 rings (SSSR count). The van der Waals surface area contributed by atoms with Crippen LogP contribution in [0.25, 0.3) is 0 Å². The van der Waals surface area contributed by atoms with Gasteiger partial charge in [0.15, 0.2) is 0 Å². The fourth-order valence-corrected chi connectivity index (χ4v) is 2.96. The molecule has 0 aliphatic heterocycles. The highest BCUT2D eigenvalue weighted by Crippen LogP contribution is 2.13. The SMILES string of the molecule is CCC(CC(=O)O)NS(=O)(=O)c1ccc(CC#N)cc1. The molecule has 6 nitrogen and oxygen atoms in total. The predicted octanol–water partition coefficient (Wildman–Crippen LogP) is 1.28. The number of hydrogen-bond acceptors (Lipinski definition) is 4. The fourth-order valence-electron chi connectivity index (χ4n) is 1.65. The van der Waals surface area contributed by atoms with Crippen molar-refractivity contribution in [3.63, 3.8) is 0 Å². The fraction of sp³-hybridized carbons (Fsp3) is 0.385. The summed E-state index contributed by atoms with van der Waals surface area (Å²) in [6.07, 6.45) is 0.338. The topological polar surface area (TPSA) is 107 Å². The van der Waals surface area contributed by atoms with Crippen LogP contribution in [0.2, 0.25) is 0 Å². The van der Waals surface area contributed by atoms with Crippen LogP contribution in [0.4, 0.5) is 0 Å². The molecule has 7 heteroatoms. The lowest BCUT2D eigenvalue weighted by Crippen LogP contribution is -2.36. The molecule has 0 aliphatic carbocycles. The van der Waals surface area contributed by atoms with E-state index in [1.54, 1.807) is 19.1 Å². The maximum Gasteiger partial charge on any atom is 0.304 e. The molecule has 0 aliphatic rings. The molecule has 0 heterocycles. The van der Waals surface area contributed by atoms with Gasteiger partial charge in [0, 0.05) is 6.04 Å². The summed E-state index contributed by atoms with van der Waals surface area (Å²) in [6.45, 7) is 1.71. The second-order valence-electron chi connectivity index (χ2n) is 4.30. The van der Waals surface area contributed by atoms with Gasteiger partial charge in [-0.2, -0.15) is 5.26 Å². The number of carboxylic acid groups (broad SMARTS) is 1. The summed E-state index contributed by atoms with van der Waals surface area (Å²) in [5.41, 5.74) is 0.726. The maximum atomic E-state index is 12.1. The normalized spacial score (nSPS) is 12.6. The largest absolute Gasteiger partial charge is 0.481 e. The zero-order valence-electron chi connectivity index (χ0n) is 11.0. The van der Waals surface area contributed by atoms with Crippen molar-refractivity contribution in [2.45, 2.75) is 37.1 Å². The molecule has 1 unspecified atom stereocenters. The molecule has 0 saturated heterocycles. The summed E-state index contributed by atoms with van der Waals surface area (Å²) in [6, 6.07) is 7.27. The van der Waals surface area contributed by atoms with E-state index in [0.717, 1.165) is 5.56 Å². The molecule has 20 heavy (non-hydrogen) atoms. The van der Waals surface area contributed by atoms with E-state index < -0.39 is 22.0 Å². The molecule has 1 atom stereocenters. The highest BCUT2D eigenvalue weighted by atomic mass is 32.2. The number of nitriles is 1. The summed E-state index contributed by atoms with van der Waals surface area (Å²) in [5.74, 6) is -1.05. The Labute approximate surface area is 118 Å². The quantitative estimate of drug-likeness (QED) is 0.788. The minimum absolute atomic E-state index is 0.0584. The number of carbonyl (C=O) groups is 1. The molecule has 2 N–H and O–H groups in total. The zero-order valence-corrected chi connectivity index (χ0v) is 11.9. The first-order valence-electron chi connectivity index (χ1n) is 6.09. The summed E-state index contributed by atoms with van der Waals surface area (Å²) in [4.78, 5) is 10.7. The van der Waals surface area contributed by atoms with Gasteiger partial charge in [-0.25, -0.2) is 13.1 Å². The van der Waals surface area contributed by atoms with E-state index >= 15 is 0 Å². The second-order valence-corrected chi connectivity index (χ2v) is 6.02. The maximum absolute atomic E-state index is 12.1. The number of nitrogens with zero attached hydrogens (tertiary/aromatic N) is 1. The number of rotatable bonds is 7. The van der Waals surface area contributed by atoms with Crippen LogP contribution in [0.15, 0.2) is 29.2 Å². The number of aliphatic carboxylic acids is 1. The van der Waals surface area contributed by atoms with Crippen molar-refractivity contribution in [3.8, 4) is 6.07 Å². The van der Waals surface area contributed by atoms with Crippen LogP contribution in [0, 0.1) is 11.3 Å². The van der Waals surface area contributed by atoms with Crippen LogP contribution in [0.5, 0.6) is 0 Å². The van der Waals surface area contributed by atoms with E-state index in [1.165, 1.54) is 12.1 Å². The van der Waals surface area contributed by atoms with Crippen molar-refractivity contribution in [3.05, 3.63) is 29.8 Å². The van der Waals surface area contributed by atoms with Crippen molar-refractivity contribution in [1.29, 1.82) is 5.26 Å². The van der Waals surface area contributed by atoms with Gasteiger partial charge in [-0.1, -0.05) is 19.1 Å². The van der Waals surface area contributed by atoms with Crippen molar-refractivity contribution in [2.75, 3.05) is 0 Å². The monoisotopic (exact) mass is 296 g/mol. The summed E-state index contributed by atoms with van der Waals surface area (Å²) in [5, 5.41) is 17.3. The Morgan fingerprint density at radius 3 is 2.45 bits per heavy atom. The Balaban J connectivity index is 2.87. The number of sulfonamides is 1. The number of carboxylic acids is 1. The number of hydrogen-bond donors (Lipinski definition) is 2. The molecule has 0 spiro atoms. The van der Waals surface area contributed by atoms with Crippen LogP contribution in [0.1, 0.15) is 25.3 Å². The lowest BCUT2D eigenvalue weighted by molar-refractivity contribution is -0.137. The van der Waals surface area contributed by atoms with E-state index in [0.29, 0.717) is 6.42 Å². The van der Waals surface area contributed by atoms with Crippen molar-refractivity contribution in [1.82, 2.24) is 4.72 Å². The first kappa shape index (κ1) is 16.1. The van der Waals surface area contributed by atoms with Crippen LogP contribution in [-0.2, 0) is 21.2 Å². The molecule has 0 fully saturated rings. The highest BCUT2D eigenvalue weighted by Gasteiger charge is 2.20. The minimum atomic E-state index is -3.75. The van der Waals surface area contributed by atoms with E-state index in [2.05, 4.69) is 4.72 Å². The highest BCUT2D eigenvalue weighted by molar-refractivity contribution is 7.89. The number of nitrogens with one attached hydrogen (secondary N) is 1. The zero-order chi connectivity index (χ0) is 15.2. The second kappa shape index (κ2) is 7.03. The Morgan fingerprint density at radius 2 is 2.00 bits per heavy atom. The first-order chi connectivity index (χ1) is 9.39. The molecule has 108 valence electrons. The van der Waals surface area contributed by atoms with Crippen molar-refractivity contribution in [2.24, 2.45) is 0 Å². The van der Waals surface area contributed by atoms with Crippen LogP contribution in [0.3, 0.4) is 0 Å². The molecule has 0 aromatic heterocycles. The predicted molar refractivity (Wildman–Crippen MR) is 72.4 cm³/mol.